The Labute approximate surface area is 210 Å². The van der Waals surface area contributed by atoms with Gasteiger partial charge in [-0.3, -0.25) is 9.69 Å². The van der Waals surface area contributed by atoms with E-state index in [1.54, 1.807) is 0 Å². The van der Waals surface area contributed by atoms with Gasteiger partial charge in [0.15, 0.2) is 0 Å². The van der Waals surface area contributed by atoms with Gasteiger partial charge in [0.1, 0.15) is 11.7 Å². The molecular formula is C29H42N2O4. The summed E-state index contributed by atoms with van der Waals surface area (Å²) in [4.78, 5) is 28.0. The Balaban J connectivity index is 1.39. The number of ether oxygens (including phenoxy) is 2. The summed E-state index contributed by atoms with van der Waals surface area (Å²) in [6, 6.07) is 8.37. The van der Waals surface area contributed by atoms with Gasteiger partial charge in [-0.2, -0.15) is 0 Å². The first-order valence-electron chi connectivity index (χ1n) is 13.4. The fourth-order valence-corrected chi connectivity index (χ4v) is 5.79. The van der Waals surface area contributed by atoms with Crippen molar-refractivity contribution in [3.8, 4) is 0 Å². The van der Waals surface area contributed by atoms with Crippen molar-refractivity contribution in [2.24, 2.45) is 5.92 Å². The normalized spacial score (nSPS) is 25.9. The van der Waals surface area contributed by atoms with E-state index in [9.17, 15) is 9.59 Å². The minimum atomic E-state index is -0.535. The third kappa shape index (κ3) is 6.66. The summed E-state index contributed by atoms with van der Waals surface area (Å²) in [7, 11) is 0. The molecule has 6 heteroatoms. The number of nitrogens with zero attached hydrogens (tertiary/aromatic N) is 1. The van der Waals surface area contributed by atoms with Crippen LogP contribution in [-0.2, 0) is 19.7 Å². The highest BCUT2D eigenvalue weighted by atomic mass is 16.6. The monoisotopic (exact) mass is 482 g/mol. The van der Waals surface area contributed by atoms with Crippen LogP contribution < -0.4 is 5.32 Å². The summed E-state index contributed by atoms with van der Waals surface area (Å²) in [5, 5.41) is 2.78. The van der Waals surface area contributed by atoms with Crippen molar-refractivity contribution in [3.63, 3.8) is 0 Å². The number of carbonyl (C=O) groups excluding carboxylic acids is 2. The number of piperidine rings is 3. The molecule has 1 atom stereocenters. The molecule has 1 aromatic carbocycles. The van der Waals surface area contributed by atoms with Crippen LogP contribution in [0.3, 0.4) is 0 Å². The smallest absolute Gasteiger partial charge is 0.407 e. The highest BCUT2D eigenvalue weighted by molar-refractivity contribution is 5.84. The lowest BCUT2D eigenvalue weighted by Gasteiger charge is -2.45. The minimum absolute atomic E-state index is 0.0151. The molecule has 1 aliphatic carbocycles. The van der Waals surface area contributed by atoms with Crippen LogP contribution in [0.2, 0.25) is 0 Å². The number of hydrogen-bond acceptors (Lipinski definition) is 5. The van der Waals surface area contributed by atoms with Gasteiger partial charge in [-0.25, -0.2) is 4.79 Å². The molecule has 1 aromatic rings. The Morgan fingerprint density at radius 3 is 2.54 bits per heavy atom. The molecule has 3 heterocycles. The molecule has 0 unspecified atom stereocenters. The molecule has 4 fully saturated rings. The number of esters is 1. The highest BCUT2D eigenvalue weighted by Crippen LogP contribution is 2.42. The van der Waals surface area contributed by atoms with E-state index >= 15 is 0 Å². The van der Waals surface area contributed by atoms with E-state index < -0.39 is 17.1 Å². The average Bonchev–Trinajstić information content (AvgIpc) is 2.84. The topological polar surface area (TPSA) is 67.9 Å². The van der Waals surface area contributed by atoms with Gasteiger partial charge in [0.25, 0.3) is 0 Å². The molecule has 1 N–H and O–H groups in total. The lowest BCUT2D eigenvalue weighted by Crippen LogP contribution is -2.53. The van der Waals surface area contributed by atoms with Crippen LogP contribution in [0.15, 0.2) is 30.3 Å². The molecule has 0 radical (unpaired) electrons. The molecule has 4 aliphatic rings. The number of nitrogens with one attached hydrogen (secondary N) is 1. The quantitative estimate of drug-likeness (QED) is 0.413. The van der Waals surface area contributed by atoms with E-state index in [4.69, 9.17) is 9.47 Å². The third-order valence-corrected chi connectivity index (χ3v) is 7.68. The zero-order valence-electron chi connectivity index (χ0n) is 21.7. The summed E-state index contributed by atoms with van der Waals surface area (Å²) in [6.07, 6.45) is 11.8. The Morgan fingerprint density at radius 1 is 1.14 bits per heavy atom. The fourth-order valence-electron chi connectivity index (χ4n) is 5.79. The zero-order valence-corrected chi connectivity index (χ0v) is 21.7. The van der Waals surface area contributed by atoms with Gasteiger partial charge in [-0.15, -0.1) is 0 Å². The summed E-state index contributed by atoms with van der Waals surface area (Å²) >= 11 is 0. The van der Waals surface area contributed by atoms with Crippen molar-refractivity contribution in [2.45, 2.75) is 89.3 Å². The van der Waals surface area contributed by atoms with E-state index in [-0.39, 0.29) is 12.1 Å². The Bertz CT molecular complexity index is 906. The lowest BCUT2D eigenvalue weighted by atomic mass is 9.69. The van der Waals surface area contributed by atoms with Crippen LogP contribution in [0, 0.1) is 5.92 Å². The zero-order chi connectivity index (χ0) is 24.9. The summed E-state index contributed by atoms with van der Waals surface area (Å²) < 4.78 is 11.6. The number of amides is 1. The molecule has 3 aliphatic heterocycles. The van der Waals surface area contributed by atoms with Gasteiger partial charge in [-0.1, -0.05) is 55.7 Å². The Kier molecular flexibility index (Phi) is 8.20. The maximum absolute atomic E-state index is 13.7. The molecule has 1 amide bonds. The highest BCUT2D eigenvalue weighted by Gasteiger charge is 2.45. The molecule has 0 spiro atoms. The summed E-state index contributed by atoms with van der Waals surface area (Å²) in [6.45, 7) is 9.26. The number of benzene rings is 1. The average molecular weight is 483 g/mol. The predicted molar refractivity (Wildman–Crippen MR) is 138 cm³/mol. The first-order chi connectivity index (χ1) is 16.7. The number of alkyl carbamates (subject to hydrolysis) is 1. The second kappa shape index (κ2) is 11.2. The van der Waals surface area contributed by atoms with Crippen LogP contribution in [0.4, 0.5) is 4.79 Å². The van der Waals surface area contributed by atoms with Crippen molar-refractivity contribution in [3.05, 3.63) is 41.5 Å². The van der Waals surface area contributed by atoms with Crippen LogP contribution in [-0.4, -0.2) is 54.8 Å². The van der Waals surface area contributed by atoms with E-state index in [0.717, 1.165) is 69.3 Å². The second-order valence-electron chi connectivity index (χ2n) is 11.5. The molecule has 1 saturated carbocycles. The predicted octanol–water partition coefficient (Wildman–Crippen LogP) is 5.45. The molecule has 3 saturated heterocycles. The lowest BCUT2D eigenvalue weighted by molar-refractivity contribution is -0.167. The molecular weight excluding hydrogens is 440 g/mol. The Hall–Kier alpha value is -2.34. The van der Waals surface area contributed by atoms with Crippen molar-refractivity contribution in [2.75, 3.05) is 26.2 Å². The van der Waals surface area contributed by atoms with Gasteiger partial charge >= 0.3 is 12.1 Å². The van der Waals surface area contributed by atoms with E-state index in [1.807, 2.05) is 26.8 Å². The van der Waals surface area contributed by atoms with Gasteiger partial charge in [0, 0.05) is 13.1 Å². The van der Waals surface area contributed by atoms with Crippen LogP contribution >= 0.6 is 0 Å². The molecule has 2 bridgehead atoms. The first kappa shape index (κ1) is 25.7. The number of rotatable bonds is 7. The van der Waals surface area contributed by atoms with Crippen molar-refractivity contribution >= 4 is 18.1 Å². The van der Waals surface area contributed by atoms with Gasteiger partial charge < -0.3 is 14.8 Å². The van der Waals surface area contributed by atoms with E-state index in [0.29, 0.717) is 18.9 Å². The van der Waals surface area contributed by atoms with Crippen molar-refractivity contribution in [1.29, 1.82) is 0 Å². The van der Waals surface area contributed by atoms with Crippen LogP contribution in [0.25, 0.3) is 6.08 Å². The molecule has 6 nitrogen and oxygen atoms in total. The molecule has 5 rings (SSSR count). The molecule has 35 heavy (non-hydrogen) atoms. The molecule has 192 valence electrons. The third-order valence-electron chi connectivity index (χ3n) is 7.68. The van der Waals surface area contributed by atoms with E-state index in [2.05, 4.69) is 40.6 Å². The standard InChI is InChI=1S/C29H42N2O4/c1-28(2,3)35-27(33)30-17-8-5-10-22-11-9-12-24(20-22)29(15-6-4-7-16-29)26(32)34-25-21-31-18-13-23(25)14-19-31/h5,9-12,20,23,25H,4,6-8,13-19,21H2,1-3H3,(H,30,33)/t25-/m0/s1. The van der Waals surface area contributed by atoms with Crippen molar-refractivity contribution in [1.82, 2.24) is 10.2 Å². The maximum Gasteiger partial charge on any atom is 0.407 e. The van der Waals surface area contributed by atoms with Crippen LogP contribution in [0.1, 0.15) is 83.3 Å². The number of fused-ring (bicyclic) bond motifs is 3. The van der Waals surface area contributed by atoms with E-state index in [1.165, 1.54) is 6.42 Å². The first-order valence-corrected chi connectivity index (χ1v) is 13.4. The summed E-state index contributed by atoms with van der Waals surface area (Å²) in [5.74, 6) is 0.506. The minimum Gasteiger partial charge on any atom is -0.460 e. The maximum atomic E-state index is 13.7. The SMILES string of the molecule is CC(C)(C)OC(=O)NCCC=Cc1cccc(C2(C(=O)O[C@H]3CN4CCC3CC4)CCCCC2)c1. The Morgan fingerprint density at radius 2 is 1.89 bits per heavy atom. The van der Waals surface area contributed by atoms with Gasteiger partial charge in [0.05, 0.1) is 5.41 Å². The van der Waals surface area contributed by atoms with Gasteiger partial charge in [-0.05, 0) is 83.0 Å². The number of carbonyl (C=O) groups is 2. The van der Waals surface area contributed by atoms with Crippen LogP contribution in [0.5, 0.6) is 0 Å². The molecule has 0 aromatic heterocycles. The van der Waals surface area contributed by atoms with Crippen molar-refractivity contribution < 1.29 is 19.1 Å². The summed E-state index contributed by atoms with van der Waals surface area (Å²) in [5.41, 5.74) is 1.12. The second-order valence-corrected chi connectivity index (χ2v) is 11.5. The van der Waals surface area contributed by atoms with Gasteiger partial charge in [0.2, 0.25) is 0 Å². The fraction of sp³-hybridized carbons (Fsp3) is 0.655. The largest absolute Gasteiger partial charge is 0.460 e. The number of hydrogen-bond donors (Lipinski definition) is 1.